The van der Waals surface area contributed by atoms with Gasteiger partial charge in [0.15, 0.2) is 0 Å². The van der Waals surface area contributed by atoms with Crippen LogP contribution in [-0.4, -0.2) is 98.6 Å². The van der Waals surface area contributed by atoms with Gasteiger partial charge in [0.2, 0.25) is 0 Å². The van der Waals surface area contributed by atoms with E-state index in [1.165, 1.54) is 0 Å². The van der Waals surface area contributed by atoms with E-state index in [0.29, 0.717) is 6.54 Å². The smallest absolute Gasteiger partial charge is 0.0579 e. The van der Waals surface area contributed by atoms with Crippen LogP contribution in [0.3, 0.4) is 0 Å². The Bertz CT molecular complexity index is 229. The molecular weight excluding hydrogens is 294 g/mol. The molecule has 0 spiro atoms. The van der Waals surface area contributed by atoms with Gasteiger partial charge in [0, 0.05) is 18.4 Å². The average molecular weight is 325 g/mol. The highest BCUT2D eigenvalue weighted by molar-refractivity contribution is 4.81. The molecule has 0 saturated heterocycles. The molecule has 0 aliphatic carbocycles. The maximum atomic E-state index is 9.67. The lowest BCUT2D eigenvalue weighted by molar-refractivity contribution is -0.0713. The first-order chi connectivity index (χ1) is 10.6. The Morgan fingerprint density at radius 3 is 1.50 bits per heavy atom. The van der Waals surface area contributed by atoms with Gasteiger partial charge in [0.25, 0.3) is 0 Å². The Kier molecular flexibility index (Phi) is 13.0. The molecule has 0 aromatic heterocycles. The maximum absolute atomic E-state index is 9.67. The first kappa shape index (κ1) is 21.7. The van der Waals surface area contributed by atoms with E-state index < -0.39 is 5.41 Å². The normalized spacial score (nSPS) is 12.5. The number of aliphatic hydroxyl groups excluding tert-OH is 5. The second-order valence-electron chi connectivity index (χ2n) is 5.68. The van der Waals surface area contributed by atoms with E-state index in [1.54, 1.807) is 7.05 Å². The molecule has 0 heterocycles. The van der Waals surface area contributed by atoms with Crippen LogP contribution in [0, 0.1) is 17.3 Å². The molecule has 134 valence electrons. The summed E-state index contributed by atoms with van der Waals surface area (Å²) in [7, 11) is 1.75. The van der Waals surface area contributed by atoms with Crippen molar-refractivity contribution in [3.05, 3.63) is 0 Å². The molecule has 22 heavy (non-hydrogen) atoms. The van der Waals surface area contributed by atoms with Gasteiger partial charge < -0.3 is 40.3 Å². The highest BCUT2D eigenvalue weighted by Crippen LogP contribution is 2.18. The van der Waals surface area contributed by atoms with Gasteiger partial charge in [-0.05, 0) is 7.05 Å². The lowest BCUT2D eigenvalue weighted by atomic mass is 9.91. The van der Waals surface area contributed by atoms with Crippen molar-refractivity contribution < 1.29 is 35.0 Å². The first-order valence-electron chi connectivity index (χ1n) is 7.45. The van der Waals surface area contributed by atoms with Crippen LogP contribution in [0.4, 0.5) is 0 Å². The Morgan fingerprint density at radius 1 is 0.818 bits per heavy atom. The average Bonchev–Trinajstić information content (AvgIpc) is 2.55. The topological polar surface area (TPSA) is 132 Å². The highest BCUT2D eigenvalue weighted by atomic mass is 16.5. The fourth-order valence-corrected chi connectivity index (χ4v) is 1.88. The van der Waals surface area contributed by atoms with Crippen molar-refractivity contribution >= 4 is 0 Å². The van der Waals surface area contributed by atoms with Gasteiger partial charge in [0.1, 0.15) is 0 Å². The summed E-state index contributed by atoms with van der Waals surface area (Å²) in [5.74, 6) is -0.694. The summed E-state index contributed by atoms with van der Waals surface area (Å²) in [4.78, 5) is 0. The molecule has 0 radical (unpaired) electrons. The Labute approximate surface area is 131 Å². The quantitative estimate of drug-likeness (QED) is 0.193. The number of hydrogen-bond acceptors (Lipinski definition) is 8. The third-order valence-electron chi connectivity index (χ3n) is 3.44. The second kappa shape index (κ2) is 13.1. The standard InChI is InChI=1S/C14H31NO7/c1-15-8-14(9-20,10-21-6-12(2-16)3-17)11-22-7-13(4-18)5-19/h12-13,15-20H,2-11H2,1H3. The summed E-state index contributed by atoms with van der Waals surface area (Å²) in [5.41, 5.74) is -0.667. The van der Waals surface area contributed by atoms with Gasteiger partial charge in [-0.15, -0.1) is 0 Å². The molecule has 0 saturated carbocycles. The van der Waals surface area contributed by atoms with E-state index in [0.717, 1.165) is 0 Å². The van der Waals surface area contributed by atoms with Crippen LogP contribution >= 0.6 is 0 Å². The van der Waals surface area contributed by atoms with Gasteiger partial charge in [-0.3, -0.25) is 0 Å². The minimum absolute atomic E-state index is 0.167. The Balaban J connectivity index is 4.38. The van der Waals surface area contributed by atoms with Crippen molar-refractivity contribution in [1.29, 1.82) is 0 Å². The van der Waals surface area contributed by atoms with Gasteiger partial charge in [-0.2, -0.15) is 0 Å². The van der Waals surface area contributed by atoms with Crippen molar-refractivity contribution in [3.8, 4) is 0 Å². The van der Waals surface area contributed by atoms with Gasteiger partial charge in [-0.25, -0.2) is 0 Å². The van der Waals surface area contributed by atoms with E-state index in [2.05, 4.69) is 5.32 Å². The number of aliphatic hydroxyl groups is 5. The van der Waals surface area contributed by atoms with Crippen LogP contribution in [0.25, 0.3) is 0 Å². The molecule has 0 aliphatic heterocycles. The predicted molar refractivity (Wildman–Crippen MR) is 80.4 cm³/mol. The predicted octanol–water partition coefficient (Wildman–Crippen LogP) is -2.58. The van der Waals surface area contributed by atoms with Crippen LogP contribution in [0.2, 0.25) is 0 Å². The molecule has 0 aliphatic rings. The maximum Gasteiger partial charge on any atom is 0.0579 e. The summed E-state index contributed by atoms with van der Waals surface area (Å²) >= 11 is 0. The Hall–Kier alpha value is -0.320. The summed E-state index contributed by atoms with van der Waals surface area (Å²) in [5, 5.41) is 48.6. The van der Waals surface area contributed by atoms with Crippen molar-refractivity contribution in [2.24, 2.45) is 17.3 Å². The summed E-state index contributed by atoms with van der Waals surface area (Å²) in [6.07, 6.45) is 0. The number of rotatable bonds is 15. The zero-order valence-electron chi connectivity index (χ0n) is 13.3. The molecular formula is C14H31NO7. The van der Waals surface area contributed by atoms with Crippen LogP contribution < -0.4 is 5.32 Å². The van der Waals surface area contributed by atoms with Crippen LogP contribution in [0.1, 0.15) is 0 Å². The molecule has 0 aromatic rings. The molecule has 8 nitrogen and oxygen atoms in total. The van der Waals surface area contributed by atoms with Crippen molar-refractivity contribution in [2.45, 2.75) is 0 Å². The second-order valence-corrected chi connectivity index (χ2v) is 5.68. The van der Waals surface area contributed by atoms with Crippen LogP contribution in [-0.2, 0) is 9.47 Å². The minimum Gasteiger partial charge on any atom is -0.396 e. The SMILES string of the molecule is CNCC(CO)(COCC(CO)CO)COCC(CO)CO. The molecule has 0 rings (SSSR count). The highest BCUT2D eigenvalue weighted by Gasteiger charge is 2.30. The molecule has 8 heteroatoms. The van der Waals surface area contributed by atoms with Crippen molar-refractivity contribution in [3.63, 3.8) is 0 Å². The molecule has 0 fully saturated rings. The molecule has 0 aromatic carbocycles. The minimum atomic E-state index is -0.667. The van der Waals surface area contributed by atoms with Gasteiger partial charge >= 0.3 is 0 Å². The van der Waals surface area contributed by atoms with E-state index >= 15 is 0 Å². The largest absolute Gasteiger partial charge is 0.396 e. The monoisotopic (exact) mass is 325 g/mol. The third kappa shape index (κ3) is 8.35. The fraction of sp³-hybridized carbons (Fsp3) is 1.00. The zero-order chi connectivity index (χ0) is 16.8. The summed E-state index contributed by atoms with van der Waals surface area (Å²) in [6, 6.07) is 0. The van der Waals surface area contributed by atoms with E-state index in [-0.39, 0.29) is 71.3 Å². The molecule has 0 amide bonds. The molecule has 6 N–H and O–H groups in total. The zero-order valence-corrected chi connectivity index (χ0v) is 13.3. The van der Waals surface area contributed by atoms with Crippen molar-refractivity contribution in [2.75, 3.05) is 73.1 Å². The van der Waals surface area contributed by atoms with E-state index in [9.17, 15) is 5.11 Å². The number of ether oxygens (including phenoxy) is 2. The van der Waals surface area contributed by atoms with E-state index in [1.807, 2.05) is 0 Å². The summed E-state index contributed by atoms with van der Waals surface area (Å²) < 4.78 is 11.0. The van der Waals surface area contributed by atoms with Crippen molar-refractivity contribution in [1.82, 2.24) is 5.32 Å². The fourth-order valence-electron chi connectivity index (χ4n) is 1.88. The van der Waals surface area contributed by atoms with Gasteiger partial charge in [-0.1, -0.05) is 0 Å². The number of hydrogen-bond donors (Lipinski definition) is 6. The van der Waals surface area contributed by atoms with Gasteiger partial charge in [0.05, 0.1) is 64.9 Å². The lowest BCUT2D eigenvalue weighted by Gasteiger charge is -2.32. The lowest BCUT2D eigenvalue weighted by Crippen LogP contribution is -2.45. The van der Waals surface area contributed by atoms with E-state index in [4.69, 9.17) is 29.9 Å². The Morgan fingerprint density at radius 2 is 1.23 bits per heavy atom. The number of nitrogens with one attached hydrogen (secondary N) is 1. The summed E-state index contributed by atoms with van der Waals surface area (Å²) in [6.45, 7) is 0.393. The van der Waals surface area contributed by atoms with Crippen LogP contribution in [0.5, 0.6) is 0 Å². The van der Waals surface area contributed by atoms with Crippen LogP contribution in [0.15, 0.2) is 0 Å². The first-order valence-corrected chi connectivity index (χ1v) is 7.45. The molecule has 0 unspecified atom stereocenters. The molecule has 0 atom stereocenters. The molecule has 0 bridgehead atoms. The third-order valence-corrected chi connectivity index (χ3v) is 3.44.